The molecule has 1 fully saturated rings. The third-order valence-corrected chi connectivity index (χ3v) is 1.86. The standard InChI is InChI=1S/C6H9NO5/c8-3-1-2-7(6(11)12)4(3)5(9)10/h3-4,8H,1-2H2,(H,9,10)(H,11,12)/t3-,4+/m0/s1. The van der Waals surface area contributed by atoms with E-state index in [4.69, 9.17) is 15.3 Å². The second kappa shape index (κ2) is 2.98. The predicted molar refractivity (Wildman–Crippen MR) is 36.8 cm³/mol. The van der Waals surface area contributed by atoms with E-state index in [1.54, 1.807) is 0 Å². The van der Waals surface area contributed by atoms with Gasteiger partial charge in [0, 0.05) is 6.54 Å². The Hall–Kier alpha value is -1.30. The molecule has 12 heavy (non-hydrogen) atoms. The van der Waals surface area contributed by atoms with E-state index in [0.29, 0.717) is 0 Å². The van der Waals surface area contributed by atoms with Crippen LogP contribution in [-0.2, 0) is 4.79 Å². The number of rotatable bonds is 1. The first kappa shape index (κ1) is 8.79. The van der Waals surface area contributed by atoms with E-state index < -0.39 is 24.2 Å². The largest absolute Gasteiger partial charge is 0.480 e. The molecule has 1 heterocycles. The summed E-state index contributed by atoms with van der Waals surface area (Å²) in [4.78, 5) is 21.6. The monoisotopic (exact) mass is 175 g/mol. The number of hydrogen-bond donors (Lipinski definition) is 3. The Kier molecular flexibility index (Phi) is 2.18. The molecule has 6 heteroatoms. The summed E-state index contributed by atoms with van der Waals surface area (Å²) >= 11 is 0. The Morgan fingerprint density at radius 2 is 1.92 bits per heavy atom. The summed E-state index contributed by atoms with van der Waals surface area (Å²) in [6.07, 6.45) is -2.21. The molecule has 0 aromatic rings. The second-order valence-electron chi connectivity index (χ2n) is 2.62. The van der Waals surface area contributed by atoms with E-state index in [-0.39, 0.29) is 13.0 Å². The maximum atomic E-state index is 10.5. The zero-order valence-corrected chi connectivity index (χ0v) is 6.17. The lowest BCUT2D eigenvalue weighted by Gasteiger charge is -2.18. The minimum atomic E-state index is -1.31. The van der Waals surface area contributed by atoms with Crippen LogP contribution >= 0.6 is 0 Å². The molecule has 0 aliphatic carbocycles. The first-order valence-electron chi connectivity index (χ1n) is 3.44. The van der Waals surface area contributed by atoms with Crippen LogP contribution in [0.1, 0.15) is 6.42 Å². The van der Waals surface area contributed by atoms with E-state index in [1.165, 1.54) is 0 Å². The number of carboxylic acids is 1. The Morgan fingerprint density at radius 3 is 2.25 bits per heavy atom. The molecular formula is C6H9NO5. The smallest absolute Gasteiger partial charge is 0.408 e. The third-order valence-electron chi connectivity index (χ3n) is 1.86. The molecule has 0 unspecified atom stereocenters. The van der Waals surface area contributed by atoms with Gasteiger partial charge in [-0.1, -0.05) is 0 Å². The molecule has 2 atom stereocenters. The summed E-state index contributed by atoms with van der Waals surface area (Å²) < 4.78 is 0. The highest BCUT2D eigenvalue weighted by atomic mass is 16.4. The lowest BCUT2D eigenvalue weighted by Crippen LogP contribution is -2.44. The van der Waals surface area contributed by atoms with Crippen molar-refractivity contribution in [3.8, 4) is 0 Å². The van der Waals surface area contributed by atoms with Gasteiger partial charge in [0.05, 0.1) is 6.10 Å². The Bertz CT molecular complexity index is 216. The van der Waals surface area contributed by atoms with Gasteiger partial charge in [0.15, 0.2) is 6.04 Å². The van der Waals surface area contributed by atoms with Crippen LogP contribution in [0.15, 0.2) is 0 Å². The van der Waals surface area contributed by atoms with Gasteiger partial charge in [0.1, 0.15) is 0 Å². The van der Waals surface area contributed by atoms with Crippen LogP contribution in [0.3, 0.4) is 0 Å². The minimum absolute atomic E-state index is 0.0769. The molecule has 1 rings (SSSR count). The molecule has 1 aliphatic rings. The van der Waals surface area contributed by atoms with E-state index in [2.05, 4.69) is 0 Å². The molecule has 3 N–H and O–H groups in total. The molecule has 0 bridgehead atoms. The van der Waals surface area contributed by atoms with Crippen LogP contribution < -0.4 is 0 Å². The van der Waals surface area contributed by atoms with Gasteiger partial charge in [-0.25, -0.2) is 9.59 Å². The summed E-state index contributed by atoms with van der Waals surface area (Å²) in [5.74, 6) is -1.30. The van der Waals surface area contributed by atoms with Crippen molar-refractivity contribution in [3.63, 3.8) is 0 Å². The molecule has 0 spiro atoms. The van der Waals surface area contributed by atoms with Crippen molar-refractivity contribution in [1.82, 2.24) is 4.90 Å². The normalized spacial score (nSPS) is 28.9. The van der Waals surface area contributed by atoms with Crippen LogP contribution in [0.25, 0.3) is 0 Å². The van der Waals surface area contributed by atoms with Crippen molar-refractivity contribution in [3.05, 3.63) is 0 Å². The van der Waals surface area contributed by atoms with Gasteiger partial charge in [-0.2, -0.15) is 0 Å². The lowest BCUT2D eigenvalue weighted by atomic mass is 10.2. The van der Waals surface area contributed by atoms with Gasteiger partial charge < -0.3 is 15.3 Å². The molecule has 68 valence electrons. The Morgan fingerprint density at radius 1 is 1.33 bits per heavy atom. The van der Waals surface area contributed by atoms with Crippen molar-refractivity contribution in [1.29, 1.82) is 0 Å². The van der Waals surface area contributed by atoms with Gasteiger partial charge in [0.2, 0.25) is 0 Å². The van der Waals surface area contributed by atoms with Crippen molar-refractivity contribution < 1.29 is 24.9 Å². The summed E-state index contributed by atoms with van der Waals surface area (Å²) in [5.41, 5.74) is 0. The Balaban J connectivity index is 2.77. The maximum Gasteiger partial charge on any atom is 0.408 e. The summed E-state index contributed by atoms with van der Waals surface area (Å²) in [6.45, 7) is 0.0769. The number of nitrogens with zero attached hydrogens (tertiary/aromatic N) is 1. The summed E-state index contributed by atoms with van der Waals surface area (Å²) in [5, 5.41) is 26.1. The first-order valence-corrected chi connectivity index (χ1v) is 3.44. The molecular weight excluding hydrogens is 166 g/mol. The highest BCUT2D eigenvalue weighted by Crippen LogP contribution is 2.17. The topological polar surface area (TPSA) is 98.1 Å². The molecule has 1 amide bonds. The van der Waals surface area contributed by atoms with Crippen LogP contribution in [-0.4, -0.2) is 51.0 Å². The highest BCUT2D eigenvalue weighted by Gasteiger charge is 2.41. The molecule has 6 nitrogen and oxygen atoms in total. The molecule has 1 aliphatic heterocycles. The number of hydrogen-bond acceptors (Lipinski definition) is 3. The predicted octanol–water partition coefficient (Wildman–Crippen LogP) is -0.816. The maximum absolute atomic E-state index is 10.5. The number of aliphatic carboxylic acids is 1. The van der Waals surface area contributed by atoms with Crippen LogP contribution in [0.4, 0.5) is 4.79 Å². The minimum Gasteiger partial charge on any atom is -0.480 e. The van der Waals surface area contributed by atoms with Gasteiger partial charge in [-0.3, -0.25) is 4.90 Å². The molecule has 1 saturated heterocycles. The number of carbonyl (C=O) groups is 2. The van der Waals surface area contributed by atoms with Crippen molar-refractivity contribution in [2.24, 2.45) is 0 Å². The summed E-state index contributed by atoms with van der Waals surface area (Å²) in [7, 11) is 0. The molecule has 0 saturated carbocycles. The zero-order valence-electron chi connectivity index (χ0n) is 6.17. The highest BCUT2D eigenvalue weighted by molar-refractivity contribution is 5.80. The van der Waals surface area contributed by atoms with Crippen molar-refractivity contribution in [2.45, 2.75) is 18.6 Å². The second-order valence-corrected chi connectivity index (χ2v) is 2.62. The zero-order chi connectivity index (χ0) is 9.30. The van der Waals surface area contributed by atoms with Gasteiger partial charge in [0.25, 0.3) is 0 Å². The number of aliphatic hydroxyl groups excluding tert-OH is 1. The summed E-state index contributed by atoms with van der Waals surface area (Å²) in [6, 6.07) is -1.30. The fourth-order valence-corrected chi connectivity index (χ4v) is 1.29. The van der Waals surface area contributed by atoms with Crippen LogP contribution in [0.5, 0.6) is 0 Å². The van der Waals surface area contributed by atoms with Gasteiger partial charge >= 0.3 is 12.1 Å². The molecule has 0 aromatic heterocycles. The number of amides is 1. The van der Waals surface area contributed by atoms with Crippen molar-refractivity contribution >= 4 is 12.1 Å². The van der Waals surface area contributed by atoms with Gasteiger partial charge in [-0.05, 0) is 6.42 Å². The van der Waals surface area contributed by atoms with Crippen molar-refractivity contribution in [2.75, 3.05) is 6.54 Å². The Labute approximate surface area is 68.0 Å². The van der Waals surface area contributed by atoms with E-state index in [0.717, 1.165) is 4.90 Å². The van der Waals surface area contributed by atoms with E-state index >= 15 is 0 Å². The molecule has 0 radical (unpaired) electrons. The number of carboxylic acid groups (broad SMARTS) is 2. The number of likely N-dealkylation sites (tertiary alicyclic amines) is 1. The SMILES string of the molecule is O=C(O)[C@H]1[C@@H](O)CCN1C(=O)O. The molecule has 0 aromatic carbocycles. The first-order chi connectivity index (χ1) is 5.54. The average Bonchev–Trinajstić information content (AvgIpc) is 2.30. The average molecular weight is 175 g/mol. The van der Waals surface area contributed by atoms with E-state index in [9.17, 15) is 9.59 Å². The fourth-order valence-electron chi connectivity index (χ4n) is 1.29. The lowest BCUT2D eigenvalue weighted by molar-refractivity contribution is -0.144. The quantitative estimate of drug-likeness (QED) is 0.484. The third kappa shape index (κ3) is 1.33. The number of aliphatic hydroxyl groups is 1. The van der Waals surface area contributed by atoms with Gasteiger partial charge in [-0.15, -0.1) is 0 Å². The fraction of sp³-hybridized carbons (Fsp3) is 0.667. The van der Waals surface area contributed by atoms with Crippen LogP contribution in [0, 0.1) is 0 Å². The van der Waals surface area contributed by atoms with E-state index in [1.807, 2.05) is 0 Å². The van der Waals surface area contributed by atoms with Crippen LogP contribution in [0.2, 0.25) is 0 Å².